The maximum Gasteiger partial charge on any atom is 0.243 e. The first-order valence-electron chi connectivity index (χ1n) is 12.0. The highest BCUT2D eigenvalue weighted by atomic mass is 19.1. The second kappa shape index (κ2) is 11.6. The fourth-order valence-electron chi connectivity index (χ4n) is 4.60. The lowest BCUT2D eigenvalue weighted by Gasteiger charge is -2.32. The van der Waals surface area contributed by atoms with Gasteiger partial charge in [-0.2, -0.15) is 0 Å². The van der Waals surface area contributed by atoms with Crippen LogP contribution in [0.3, 0.4) is 0 Å². The molecular formula is C29H31FN2O2. The van der Waals surface area contributed by atoms with Crippen LogP contribution in [0, 0.1) is 5.82 Å². The van der Waals surface area contributed by atoms with Gasteiger partial charge in [0.05, 0.1) is 6.42 Å². The van der Waals surface area contributed by atoms with E-state index in [-0.39, 0.29) is 36.6 Å². The van der Waals surface area contributed by atoms with Crippen LogP contribution in [0.1, 0.15) is 42.4 Å². The van der Waals surface area contributed by atoms with E-state index >= 15 is 0 Å². The molecule has 0 spiro atoms. The normalized spacial score (nSPS) is 14.5. The summed E-state index contributed by atoms with van der Waals surface area (Å²) in [5, 5.41) is 3.17. The minimum atomic E-state index is -0.737. The van der Waals surface area contributed by atoms with E-state index < -0.39 is 6.04 Å². The van der Waals surface area contributed by atoms with Gasteiger partial charge in [-0.15, -0.1) is 0 Å². The third-order valence-corrected chi connectivity index (χ3v) is 6.47. The molecular weight excluding hydrogens is 427 g/mol. The standard InChI is InChI=1S/C29H31FN2O2/c30-26-18-10-7-15-24(26)21-32(28(33)20-23-13-5-2-6-14-23)27(19-22-11-3-1-4-12-22)29(34)31-25-16-8-9-17-25/h1-7,10-15,18,25,27H,8-9,16-17,19-21H2,(H,31,34)/t27-/m1/s1. The molecule has 0 bridgehead atoms. The minimum Gasteiger partial charge on any atom is -0.352 e. The Morgan fingerprint density at radius 1 is 0.853 bits per heavy atom. The van der Waals surface area contributed by atoms with Crippen molar-refractivity contribution < 1.29 is 14.0 Å². The van der Waals surface area contributed by atoms with Crippen molar-refractivity contribution in [3.8, 4) is 0 Å². The van der Waals surface area contributed by atoms with Gasteiger partial charge in [0.15, 0.2) is 0 Å². The van der Waals surface area contributed by atoms with Crippen LogP contribution in [0.5, 0.6) is 0 Å². The Balaban J connectivity index is 1.66. The van der Waals surface area contributed by atoms with Gasteiger partial charge in [-0.05, 0) is 30.0 Å². The van der Waals surface area contributed by atoms with E-state index in [1.807, 2.05) is 60.7 Å². The lowest BCUT2D eigenvalue weighted by Crippen LogP contribution is -2.52. The monoisotopic (exact) mass is 458 g/mol. The molecule has 0 unspecified atom stereocenters. The summed E-state index contributed by atoms with van der Waals surface area (Å²) in [6.07, 6.45) is 4.62. The van der Waals surface area contributed by atoms with Gasteiger partial charge >= 0.3 is 0 Å². The van der Waals surface area contributed by atoms with Crippen LogP contribution in [0.4, 0.5) is 4.39 Å². The molecule has 4 nitrogen and oxygen atoms in total. The van der Waals surface area contributed by atoms with E-state index in [9.17, 15) is 14.0 Å². The Bertz CT molecular complexity index is 1080. The predicted octanol–water partition coefficient (Wildman–Crippen LogP) is 5.07. The number of nitrogens with one attached hydrogen (secondary N) is 1. The number of hydrogen-bond acceptors (Lipinski definition) is 2. The number of halogens is 1. The van der Waals surface area contributed by atoms with Gasteiger partial charge in [0.2, 0.25) is 11.8 Å². The zero-order chi connectivity index (χ0) is 23.8. The molecule has 1 saturated carbocycles. The van der Waals surface area contributed by atoms with Crippen LogP contribution in [-0.2, 0) is 29.0 Å². The second-order valence-electron chi connectivity index (χ2n) is 8.97. The van der Waals surface area contributed by atoms with E-state index in [2.05, 4.69) is 5.32 Å². The molecule has 1 aliphatic carbocycles. The summed E-state index contributed by atoms with van der Waals surface area (Å²) in [7, 11) is 0. The molecule has 0 heterocycles. The number of amides is 2. The van der Waals surface area contributed by atoms with Crippen LogP contribution in [-0.4, -0.2) is 28.8 Å². The molecule has 176 valence electrons. The molecule has 1 fully saturated rings. The summed E-state index contributed by atoms with van der Waals surface area (Å²) < 4.78 is 14.6. The first-order valence-corrected chi connectivity index (χ1v) is 12.0. The molecule has 34 heavy (non-hydrogen) atoms. The molecule has 4 rings (SSSR count). The van der Waals surface area contributed by atoms with E-state index in [0.29, 0.717) is 12.0 Å². The van der Waals surface area contributed by atoms with Crippen molar-refractivity contribution >= 4 is 11.8 Å². The second-order valence-corrected chi connectivity index (χ2v) is 8.97. The zero-order valence-corrected chi connectivity index (χ0v) is 19.3. The van der Waals surface area contributed by atoms with Gasteiger partial charge in [-0.25, -0.2) is 4.39 Å². The summed E-state index contributed by atoms with van der Waals surface area (Å²) in [6.45, 7) is 0.0356. The third-order valence-electron chi connectivity index (χ3n) is 6.47. The molecule has 1 atom stereocenters. The number of rotatable bonds is 9. The summed E-state index contributed by atoms with van der Waals surface area (Å²) in [4.78, 5) is 28.8. The van der Waals surface area contributed by atoms with Crippen LogP contribution in [0.2, 0.25) is 0 Å². The molecule has 1 aliphatic rings. The Morgan fingerprint density at radius 3 is 2.09 bits per heavy atom. The average Bonchev–Trinajstić information content (AvgIpc) is 3.36. The quantitative estimate of drug-likeness (QED) is 0.487. The maximum absolute atomic E-state index is 14.6. The van der Waals surface area contributed by atoms with Gasteiger partial charge in [0.1, 0.15) is 11.9 Å². The molecule has 3 aromatic carbocycles. The van der Waals surface area contributed by atoms with Gasteiger partial charge in [-0.3, -0.25) is 9.59 Å². The SMILES string of the molecule is O=C(NC1CCCC1)[C@@H](Cc1ccccc1)N(Cc1ccccc1F)C(=O)Cc1ccccc1. The van der Waals surface area contributed by atoms with E-state index in [0.717, 1.165) is 36.8 Å². The first-order chi connectivity index (χ1) is 16.6. The Labute approximate surface area is 200 Å². The topological polar surface area (TPSA) is 49.4 Å². The molecule has 3 aromatic rings. The van der Waals surface area contributed by atoms with E-state index in [1.165, 1.54) is 6.07 Å². The van der Waals surface area contributed by atoms with Gasteiger partial charge in [0, 0.05) is 24.6 Å². The highest BCUT2D eigenvalue weighted by molar-refractivity contribution is 5.89. The van der Waals surface area contributed by atoms with Crippen molar-refractivity contribution in [2.24, 2.45) is 0 Å². The largest absolute Gasteiger partial charge is 0.352 e. The maximum atomic E-state index is 14.6. The summed E-state index contributed by atoms with van der Waals surface area (Å²) >= 11 is 0. The molecule has 2 amide bonds. The molecule has 0 radical (unpaired) electrons. The van der Waals surface area contributed by atoms with Gasteiger partial charge in [0.25, 0.3) is 0 Å². The number of carbonyl (C=O) groups excluding carboxylic acids is 2. The number of benzene rings is 3. The predicted molar refractivity (Wildman–Crippen MR) is 131 cm³/mol. The number of hydrogen-bond donors (Lipinski definition) is 1. The summed E-state index contributed by atoms with van der Waals surface area (Å²) in [5.41, 5.74) is 2.22. The Hall–Kier alpha value is -3.47. The number of carbonyl (C=O) groups is 2. The molecule has 5 heteroatoms. The van der Waals surface area contributed by atoms with Crippen LogP contribution >= 0.6 is 0 Å². The Morgan fingerprint density at radius 2 is 1.44 bits per heavy atom. The van der Waals surface area contributed by atoms with Crippen molar-refractivity contribution in [1.82, 2.24) is 10.2 Å². The van der Waals surface area contributed by atoms with Crippen molar-refractivity contribution in [3.63, 3.8) is 0 Å². The highest BCUT2D eigenvalue weighted by Gasteiger charge is 2.32. The first kappa shape index (κ1) is 23.7. The van der Waals surface area contributed by atoms with Crippen molar-refractivity contribution in [2.45, 2.75) is 57.2 Å². The van der Waals surface area contributed by atoms with Crippen LogP contribution in [0.15, 0.2) is 84.9 Å². The molecule has 0 aliphatic heterocycles. The lowest BCUT2D eigenvalue weighted by atomic mass is 10.0. The molecule has 0 aromatic heterocycles. The highest BCUT2D eigenvalue weighted by Crippen LogP contribution is 2.21. The zero-order valence-electron chi connectivity index (χ0n) is 19.3. The van der Waals surface area contributed by atoms with Crippen LogP contribution < -0.4 is 5.32 Å². The number of nitrogens with zero attached hydrogens (tertiary/aromatic N) is 1. The Kier molecular flexibility index (Phi) is 8.08. The van der Waals surface area contributed by atoms with Gasteiger partial charge in [-0.1, -0.05) is 91.7 Å². The minimum absolute atomic E-state index is 0.0356. The third kappa shape index (κ3) is 6.31. The molecule has 1 N–H and O–H groups in total. The van der Waals surface area contributed by atoms with Crippen molar-refractivity contribution in [2.75, 3.05) is 0 Å². The fraction of sp³-hybridized carbons (Fsp3) is 0.310. The van der Waals surface area contributed by atoms with Crippen LogP contribution in [0.25, 0.3) is 0 Å². The lowest BCUT2D eigenvalue weighted by molar-refractivity contribution is -0.141. The average molecular weight is 459 g/mol. The van der Waals surface area contributed by atoms with Crippen molar-refractivity contribution in [3.05, 3.63) is 107 Å². The van der Waals surface area contributed by atoms with E-state index in [1.54, 1.807) is 23.1 Å². The smallest absolute Gasteiger partial charge is 0.243 e. The fourth-order valence-corrected chi connectivity index (χ4v) is 4.60. The summed E-state index contributed by atoms with van der Waals surface area (Å²) in [6, 6.07) is 25.0. The summed E-state index contributed by atoms with van der Waals surface area (Å²) in [5.74, 6) is -0.750. The molecule has 0 saturated heterocycles. The van der Waals surface area contributed by atoms with E-state index in [4.69, 9.17) is 0 Å². The van der Waals surface area contributed by atoms with Crippen molar-refractivity contribution in [1.29, 1.82) is 0 Å². The van der Waals surface area contributed by atoms with Gasteiger partial charge < -0.3 is 10.2 Å².